The molecule has 0 bridgehead atoms. The second-order valence-corrected chi connectivity index (χ2v) is 6.29. The molecule has 1 aromatic heterocycles. The van der Waals surface area contributed by atoms with Crippen molar-refractivity contribution in [2.45, 2.75) is 39.1 Å². The van der Waals surface area contributed by atoms with Crippen LogP contribution >= 0.6 is 0 Å². The standard InChI is InChI=1S/C18H24N4O2/c1-14-11-21(12-15(2)24-14)18(23)19-10-16-6-3-4-7-17(16)13-22-9-5-8-20-22/h3-9,14-15H,10-13H2,1-2H3,(H,19,23). The van der Waals surface area contributed by atoms with E-state index in [-0.39, 0.29) is 18.2 Å². The van der Waals surface area contributed by atoms with Gasteiger partial charge in [-0.25, -0.2) is 4.79 Å². The quantitative estimate of drug-likeness (QED) is 0.936. The van der Waals surface area contributed by atoms with E-state index in [0.717, 1.165) is 11.1 Å². The van der Waals surface area contributed by atoms with Crippen molar-refractivity contribution in [2.75, 3.05) is 13.1 Å². The van der Waals surface area contributed by atoms with Gasteiger partial charge in [0.05, 0.1) is 18.8 Å². The molecule has 1 aliphatic rings. The molecular weight excluding hydrogens is 304 g/mol. The van der Waals surface area contributed by atoms with E-state index < -0.39 is 0 Å². The fourth-order valence-corrected chi connectivity index (χ4v) is 3.08. The number of urea groups is 1. The van der Waals surface area contributed by atoms with Crippen LogP contribution in [0.3, 0.4) is 0 Å². The maximum atomic E-state index is 12.4. The number of rotatable bonds is 4. The van der Waals surface area contributed by atoms with Gasteiger partial charge in [-0.15, -0.1) is 0 Å². The minimum Gasteiger partial charge on any atom is -0.372 e. The van der Waals surface area contributed by atoms with Crippen molar-refractivity contribution >= 4 is 6.03 Å². The topological polar surface area (TPSA) is 59.4 Å². The first-order valence-corrected chi connectivity index (χ1v) is 8.34. The summed E-state index contributed by atoms with van der Waals surface area (Å²) in [6, 6.07) is 9.99. The first-order valence-electron chi connectivity index (χ1n) is 8.34. The summed E-state index contributed by atoms with van der Waals surface area (Å²) < 4.78 is 7.56. The minimum atomic E-state index is -0.0362. The van der Waals surface area contributed by atoms with Crippen LogP contribution in [-0.4, -0.2) is 46.0 Å². The molecule has 2 heterocycles. The number of hydrogen-bond donors (Lipinski definition) is 1. The molecule has 0 aliphatic carbocycles. The van der Waals surface area contributed by atoms with Gasteiger partial charge in [0, 0.05) is 32.0 Å². The maximum Gasteiger partial charge on any atom is 0.317 e. The summed E-state index contributed by atoms with van der Waals surface area (Å²) in [4.78, 5) is 14.3. The molecule has 0 saturated carbocycles. The second-order valence-electron chi connectivity index (χ2n) is 6.29. The number of morpholine rings is 1. The van der Waals surface area contributed by atoms with E-state index >= 15 is 0 Å². The second kappa shape index (κ2) is 7.49. The number of carbonyl (C=O) groups excluding carboxylic acids is 1. The zero-order valence-electron chi connectivity index (χ0n) is 14.2. The molecule has 0 radical (unpaired) electrons. The minimum absolute atomic E-state index is 0.0362. The average molecular weight is 328 g/mol. The summed E-state index contributed by atoms with van der Waals surface area (Å²) in [6.07, 6.45) is 3.86. The fourth-order valence-electron chi connectivity index (χ4n) is 3.08. The Hall–Kier alpha value is -2.34. The Morgan fingerprint density at radius 2 is 1.92 bits per heavy atom. The molecule has 1 fully saturated rings. The normalized spacial score (nSPS) is 20.8. The van der Waals surface area contributed by atoms with Crippen LogP contribution in [0.1, 0.15) is 25.0 Å². The summed E-state index contributed by atoms with van der Waals surface area (Å²) in [5.41, 5.74) is 2.26. The lowest BCUT2D eigenvalue weighted by Crippen LogP contribution is -2.51. The van der Waals surface area contributed by atoms with Crippen molar-refractivity contribution in [1.82, 2.24) is 20.0 Å². The van der Waals surface area contributed by atoms with Gasteiger partial charge in [-0.2, -0.15) is 5.10 Å². The van der Waals surface area contributed by atoms with Crippen LogP contribution < -0.4 is 5.32 Å². The Bertz CT molecular complexity index is 661. The van der Waals surface area contributed by atoms with E-state index in [0.29, 0.717) is 26.2 Å². The Labute approximate surface area is 142 Å². The van der Waals surface area contributed by atoms with E-state index in [4.69, 9.17) is 4.74 Å². The number of aromatic nitrogens is 2. The van der Waals surface area contributed by atoms with E-state index in [1.54, 1.807) is 6.20 Å². The third-order valence-corrected chi connectivity index (χ3v) is 4.15. The largest absolute Gasteiger partial charge is 0.372 e. The summed E-state index contributed by atoms with van der Waals surface area (Å²) in [6.45, 7) is 6.46. The van der Waals surface area contributed by atoms with Crippen molar-refractivity contribution in [3.63, 3.8) is 0 Å². The zero-order valence-corrected chi connectivity index (χ0v) is 14.2. The van der Waals surface area contributed by atoms with Crippen molar-refractivity contribution in [3.05, 3.63) is 53.9 Å². The van der Waals surface area contributed by atoms with E-state index in [9.17, 15) is 4.79 Å². The first-order chi connectivity index (χ1) is 11.6. The predicted octanol–water partition coefficient (Wildman–Crippen LogP) is 2.25. The molecule has 0 spiro atoms. The van der Waals surface area contributed by atoms with E-state index in [1.165, 1.54) is 0 Å². The van der Waals surface area contributed by atoms with Crippen LogP contribution in [0, 0.1) is 0 Å². The number of hydrogen-bond acceptors (Lipinski definition) is 3. The van der Waals surface area contributed by atoms with Gasteiger partial charge in [0.1, 0.15) is 0 Å². The fraction of sp³-hybridized carbons (Fsp3) is 0.444. The first kappa shape index (κ1) is 16.5. The van der Waals surface area contributed by atoms with Gasteiger partial charge in [-0.05, 0) is 31.0 Å². The van der Waals surface area contributed by atoms with E-state index in [2.05, 4.69) is 16.5 Å². The smallest absolute Gasteiger partial charge is 0.317 e. The summed E-state index contributed by atoms with van der Waals surface area (Å²) >= 11 is 0. The van der Waals surface area contributed by atoms with Crippen LogP contribution in [0.25, 0.3) is 0 Å². The van der Waals surface area contributed by atoms with Crippen LogP contribution in [0.5, 0.6) is 0 Å². The lowest BCUT2D eigenvalue weighted by atomic mass is 10.1. The van der Waals surface area contributed by atoms with Gasteiger partial charge in [0.15, 0.2) is 0 Å². The molecule has 3 rings (SSSR count). The Kier molecular flexibility index (Phi) is 5.15. The maximum absolute atomic E-state index is 12.4. The number of amides is 2. The number of nitrogens with one attached hydrogen (secondary N) is 1. The predicted molar refractivity (Wildman–Crippen MR) is 91.6 cm³/mol. The highest BCUT2D eigenvalue weighted by Crippen LogP contribution is 2.13. The molecule has 1 aliphatic heterocycles. The Morgan fingerprint density at radius 1 is 1.21 bits per heavy atom. The SMILES string of the molecule is CC1CN(C(=O)NCc2ccccc2Cn2cccn2)CC(C)O1. The van der Waals surface area contributed by atoms with Gasteiger partial charge in [-0.1, -0.05) is 24.3 Å². The zero-order chi connectivity index (χ0) is 16.9. The molecule has 128 valence electrons. The average Bonchev–Trinajstić information content (AvgIpc) is 3.06. The lowest BCUT2D eigenvalue weighted by molar-refractivity contribution is -0.0545. The molecule has 24 heavy (non-hydrogen) atoms. The van der Waals surface area contributed by atoms with Crippen LogP contribution in [0.4, 0.5) is 4.79 Å². The van der Waals surface area contributed by atoms with Crippen molar-refractivity contribution in [2.24, 2.45) is 0 Å². The van der Waals surface area contributed by atoms with Gasteiger partial charge in [-0.3, -0.25) is 4.68 Å². The highest BCUT2D eigenvalue weighted by atomic mass is 16.5. The molecule has 2 unspecified atom stereocenters. The molecule has 1 aromatic carbocycles. The molecular formula is C18H24N4O2. The van der Waals surface area contributed by atoms with Crippen molar-refractivity contribution in [3.8, 4) is 0 Å². The third kappa shape index (κ3) is 4.14. The Balaban J connectivity index is 1.61. The summed E-state index contributed by atoms with van der Waals surface area (Å²) in [5, 5.41) is 7.28. The summed E-state index contributed by atoms with van der Waals surface area (Å²) in [5.74, 6) is 0. The van der Waals surface area contributed by atoms with Crippen LogP contribution in [0.2, 0.25) is 0 Å². The lowest BCUT2D eigenvalue weighted by Gasteiger charge is -2.35. The van der Waals surface area contributed by atoms with Gasteiger partial charge in [0.2, 0.25) is 0 Å². The third-order valence-electron chi connectivity index (χ3n) is 4.15. The molecule has 6 nitrogen and oxygen atoms in total. The van der Waals surface area contributed by atoms with E-state index in [1.807, 2.05) is 53.9 Å². The molecule has 2 aromatic rings. The Morgan fingerprint density at radius 3 is 2.58 bits per heavy atom. The number of ether oxygens (including phenoxy) is 1. The van der Waals surface area contributed by atoms with Crippen LogP contribution in [0.15, 0.2) is 42.7 Å². The molecule has 1 saturated heterocycles. The van der Waals surface area contributed by atoms with Gasteiger partial charge in [0.25, 0.3) is 0 Å². The number of nitrogens with zero attached hydrogens (tertiary/aromatic N) is 3. The highest BCUT2D eigenvalue weighted by Gasteiger charge is 2.25. The molecule has 6 heteroatoms. The monoisotopic (exact) mass is 328 g/mol. The van der Waals surface area contributed by atoms with Crippen molar-refractivity contribution in [1.29, 1.82) is 0 Å². The number of benzene rings is 1. The van der Waals surface area contributed by atoms with Gasteiger partial charge < -0.3 is 15.0 Å². The number of carbonyl (C=O) groups is 1. The van der Waals surface area contributed by atoms with Gasteiger partial charge >= 0.3 is 6.03 Å². The summed E-state index contributed by atoms with van der Waals surface area (Å²) in [7, 11) is 0. The molecule has 2 atom stereocenters. The highest BCUT2D eigenvalue weighted by molar-refractivity contribution is 5.74. The molecule has 1 N–H and O–H groups in total. The van der Waals surface area contributed by atoms with Crippen molar-refractivity contribution < 1.29 is 9.53 Å². The van der Waals surface area contributed by atoms with Crippen LogP contribution in [-0.2, 0) is 17.8 Å². The molecule has 2 amide bonds.